The highest BCUT2D eigenvalue weighted by molar-refractivity contribution is 7.92. The van der Waals surface area contributed by atoms with Gasteiger partial charge in [-0.15, -0.1) is 0 Å². The van der Waals surface area contributed by atoms with Gasteiger partial charge in [0.05, 0.1) is 10.6 Å². The van der Waals surface area contributed by atoms with Gasteiger partial charge in [-0.1, -0.05) is 83.9 Å². The molecule has 0 bridgehead atoms. The molecule has 0 aliphatic carbocycles. The fraction of sp³-hybridized carbons (Fsp3) is 0.212. The van der Waals surface area contributed by atoms with Crippen molar-refractivity contribution in [1.29, 1.82) is 0 Å². The number of nitrogens with one attached hydrogen (secondary N) is 1. The van der Waals surface area contributed by atoms with Crippen LogP contribution in [0.4, 0.5) is 5.69 Å². The molecule has 0 unspecified atom stereocenters. The lowest BCUT2D eigenvalue weighted by Gasteiger charge is -2.34. The van der Waals surface area contributed by atoms with Crippen LogP contribution in [0.25, 0.3) is 0 Å². The second-order valence-electron chi connectivity index (χ2n) is 10.0. The molecule has 4 aromatic carbocycles. The molecule has 0 aromatic heterocycles. The van der Waals surface area contributed by atoms with Crippen LogP contribution in [-0.2, 0) is 32.6 Å². The van der Waals surface area contributed by atoms with Crippen molar-refractivity contribution < 1.29 is 18.0 Å². The van der Waals surface area contributed by atoms with E-state index in [4.69, 9.17) is 23.2 Å². The van der Waals surface area contributed by atoms with Gasteiger partial charge in [0, 0.05) is 29.6 Å². The molecule has 0 heterocycles. The van der Waals surface area contributed by atoms with Gasteiger partial charge in [-0.2, -0.15) is 0 Å². The van der Waals surface area contributed by atoms with Crippen LogP contribution < -0.4 is 9.62 Å². The van der Waals surface area contributed by atoms with Crippen molar-refractivity contribution in [3.63, 3.8) is 0 Å². The summed E-state index contributed by atoms with van der Waals surface area (Å²) in [7, 11) is -4.21. The van der Waals surface area contributed by atoms with Gasteiger partial charge in [0.2, 0.25) is 11.8 Å². The number of anilines is 1. The third-order valence-corrected chi connectivity index (χ3v) is 9.19. The SMILES string of the molecule is CCNC(=O)[C@H](Cc1ccccc1)N(Cc1cccc(Cl)c1)C(=O)CN(c1ccccc1C)S(=O)(=O)c1ccc(Cl)cc1. The van der Waals surface area contributed by atoms with Crippen LogP contribution in [-0.4, -0.2) is 44.3 Å². The van der Waals surface area contributed by atoms with Crippen LogP contribution in [0.15, 0.2) is 108 Å². The molecule has 1 atom stereocenters. The second kappa shape index (κ2) is 14.6. The lowest BCUT2D eigenvalue weighted by Crippen LogP contribution is -2.53. The highest BCUT2D eigenvalue weighted by Gasteiger charge is 2.35. The number of benzene rings is 4. The zero-order chi connectivity index (χ0) is 31.0. The molecule has 0 radical (unpaired) electrons. The largest absolute Gasteiger partial charge is 0.355 e. The molecule has 10 heteroatoms. The van der Waals surface area contributed by atoms with Crippen molar-refractivity contribution in [2.45, 2.75) is 37.8 Å². The molecule has 0 aliphatic heterocycles. The van der Waals surface area contributed by atoms with E-state index < -0.39 is 28.5 Å². The number of hydrogen-bond donors (Lipinski definition) is 1. The highest BCUT2D eigenvalue weighted by atomic mass is 35.5. The number of para-hydroxylation sites is 1. The number of carbonyl (C=O) groups excluding carboxylic acids is 2. The zero-order valence-corrected chi connectivity index (χ0v) is 26.2. The van der Waals surface area contributed by atoms with Gasteiger partial charge in [-0.3, -0.25) is 13.9 Å². The van der Waals surface area contributed by atoms with Gasteiger partial charge in [0.25, 0.3) is 10.0 Å². The fourth-order valence-electron chi connectivity index (χ4n) is 4.77. The summed E-state index contributed by atoms with van der Waals surface area (Å²) in [5.74, 6) is -0.891. The molecular weight excluding hydrogens is 605 g/mol. The molecular formula is C33H33Cl2N3O4S. The molecule has 7 nitrogen and oxygen atoms in total. The molecule has 43 heavy (non-hydrogen) atoms. The Hall–Kier alpha value is -3.85. The maximum Gasteiger partial charge on any atom is 0.264 e. The molecule has 4 aromatic rings. The van der Waals surface area contributed by atoms with Crippen LogP contribution in [0, 0.1) is 6.92 Å². The smallest absolute Gasteiger partial charge is 0.264 e. The first kappa shape index (κ1) is 32.1. The quantitative estimate of drug-likeness (QED) is 0.198. The molecule has 0 aliphatic rings. The van der Waals surface area contributed by atoms with Gasteiger partial charge < -0.3 is 10.2 Å². The Kier molecular flexibility index (Phi) is 10.9. The standard InChI is InChI=1S/C33H33Cl2N3O4S/c1-3-36-33(40)31(21-25-11-5-4-6-12-25)37(22-26-13-9-14-28(35)20-26)32(39)23-38(30-15-8-7-10-24(30)2)43(41,42)29-18-16-27(34)17-19-29/h4-20,31H,3,21-23H2,1-2H3,(H,36,40)/t31-/m0/s1. The van der Waals surface area contributed by atoms with Crippen molar-refractivity contribution in [3.05, 3.63) is 130 Å². The number of sulfonamides is 1. The lowest BCUT2D eigenvalue weighted by atomic mass is 10.0. The van der Waals surface area contributed by atoms with E-state index in [1.165, 1.54) is 29.2 Å². The first-order valence-electron chi connectivity index (χ1n) is 13.8. The van der Waals surface area contributed by atoms with Crippen LogP contribution >= 0.6 is 23.2 Å². The number of nitrogens with zero attached hydrogens (tertiary/aromatic N) is 2. The van der Waals surface area contributed by atoms with Crippen molar-refractivity contribution in [3.8, 4) is 0 Å². The summed E-state index contributed by atoms with van der Waals surface area (Å²) >= 11 is 12.3. The molecule has 224 valence electrons. The van der Waals surface area contributed by atoms with Gasteiger partial charge in [0.1, 0.15) is 12.6 Å². The van der Waals surface area contributed by atoms with Crippen LogP contribution in [0.5, 0.6) is 0 Å². The monoisotopic (exact) mass is 637 g/mol. The average molecular weight is 639 g/mol. The average Bonchev–Trinajstić information content (AvgIpc) is 2.99. The number of aryl methyl sites for hydroxylation is 1. The molecule has 1 N–H and O–H groups in total. The second-order valence-corrected chi connectivity index (χ2v) is 12.7. The van der Waals surface area contributed by atoms with E-state index in [0.29, 0.717) is 33.4 Å². The predicted octanol–water partition coefficient (Wildman–Crippen LogP) is 6.27. The third-order valence-electron chi connectivity index (χ3n) is 6.93. The summed E-state index contributed by atoms with van der Waals surface area (Å²) in [4.78, 5) is 29.3. The lowest BCUT2D eigenvalue weighted by molar-refractivity contribution is -0.140. The predicted molar refractivity (Wildman–Crippen MR) is 172 cm³/mol. The maximum atomic E-state index is 14.4. The molecule has 0 saturated heterocycles. The van der Waals surface area contributed by atoms with Crippen molar-refractivity contribution in [1.82, 2.24) is 10.2 Å². The normalized spacial score (nSPS) is 11.9. The zero-order valence-electron chi connectivity index (χ0n) is 23.9. The number of carbonyl (C=O) groups is 2. The summed E-state index contributed by atoms with van der Waals surface area (Å²) in [6, 6.07) is 28.2. The van der Waals surface area contributed by atoms with E-state index in [2.05, 4.69) is 5.32 Å². The van der Waals surface area contributed by atoms with E-state index in [1.807, 2.05) is 36.4 Å². The van der Waals surface area contributed by atoms with Gasteiger partial charge in [-0.05, 0) is 73.0 Å². The summed E-state index contributed by atoms with van der Waals surface area (Å²) in [5, 5.41) is 3.72. The van der Waals surface area contributed by atoms with E-state index >= 15 is 0 Å². The first-order valence-corrected chi connectivity index (χ1v) is 16.0. The summed E-state index contributed by atoms with van der Waals surface area (Å²) in [5.41, 5.74) is 2.57. The number of amides is 2. The number of rotatable bonds is 12. The molecule has 0 fully saturated rings. The topological polar surface area (TPSA) is 86.8 Å². The summed E-state index contributed by atoms with van der Waals surface area (Å²) < 4.78 is 29.2. The number of likely N-dealkylation sites (N-methyl/N-ethyl adjacent to an activating group) is 1. The number of halogens is 2. The van der Waals surface area contributed by atoms with E-state index in [1.54, 1.807) is 56.3 Å². The maximum absolute atomic E-state index is 14.4. The third kappa shape index (κ3) is 8.16. The Bertz CT molecular complexity index is 1670. The van der Waals surface area contributed by atoms with Crippen molar-refractivity contribution in [2.75, 3.05) is 17.4 Å². The van der Waals surface area contributed by atoms with E-state index in [9.17, 15) is 18.0 Å². The minimum absolute atomic E-state index is 0.0149. The first-order chi connectivity index (χ1) is 20.6. The van der Waals surface area contributed by atoms with Crippen LogP contribution in [0.3, 0.4) is 0 Å². The van der Waals surface area contributed by atoms with E-state index in [0.717, 1.165) is 9.87 Å². The Labute approximate surface area is 263 Å². The number of hydrogen-bond acceptors (Lipinski definition) is 4. The van der Waals surface area contributed by atoms with Crippen molar-refractivity contribution >= 4 is 50.7 Å². The molecule has 4 rings (SSSR count). The minimum atomic E-state index is -4.21. The van der Waals surface area contributed by atoms with Crippen LogP contribution in [0.2, 0.25) is 10.0 Å². The van der Waals surface area contributed by atoms with Crippen molar-refractivity contribution in [2.24, 2.45) is 0 Å². The Morgan fingerprint density at radius 1 is 0.814 bits per heavy atom. The summed E-state index contributed by atoms with van der Waals surface area (Å²) in [6.45, 7) is 3.45. The van der Waals surface area contributed by atoms with E-state index in [-0.39, 0.29) is 23.8 Å². The van der Waals surface area contributed by atoms with Gasteiger partial charge in [-0.25, -0.2) is 8.42 Å². The van der Waals surface area contributed by atoms with Gasteiger partial charge in [0.15, 0.2) is 0 Å². The Morgan fingerprint density at radius 2 is 1.47 bits per heavy atom. The molecule has 2 amide bonds. The Balaban J connectivity index is 1.80. The fourth-order valence-corrected chi connectivity index (χ4v) is 6.59. The summed E-state index contributed by atoms with van der Waals surface area (Å²) in [6.07, 6.45) is 0.229. The molecule has 0 spiro atoms. The minimum Gasteiger partial charge on any atom is -0.355 e. The highest BCUT2D eigenvalue weighted by Crippen LogP contribution is 2.28. The van der Waals surface area contributed by atoms with Crippen LogP contribution in [0.1, 0.15) is 23.6 Å². The molecule has 0 saturated carbocycles. The van der Waals surface area contributed by atoms with Gasteiger partial charge >= 0.3 is 0 Å². The Morgan fingerprint density at radius 3 is 2.12 bits per heavy atom.